The van der Waals surface area contributed by atoms with Crippen LogP contribution in [-0.4, -0.2) is 32.0 Å². The van der Waals surface area contributed by atoms with Crippen LogP contribution < -0.4 is 5.32 Å². The lowest BCUT2D eigenvalue weighted by Gasteiger charge is -2.15. The first-order chi connectivity index (χ1) is 9.99. The van der Waals surface area contributed by atoms with Gasteiger partial charge in [0.2, 0.25) is 5.91 Å². The highest BCUT2D eigenvalue weighted by molar-refractivity contribution is 5.94. The molecule has 0 spiro atoms. The van der Waals surface area contributed by atoms with Crippen LogP contribution in [0.2, 0.25) is 0 Å². The standard InChI is InChI=1S/C14H16N4O3/c1-9(10(2)14(20)21)13(19)17-11-3-5-12(6-4-11)18-15-7-8-16-18/h3-10H,1-2H3,(H,17,19)(H,20,21). The fraction of sp³-hybridized carbons (Fsp3) is 0.286. The normalized spacial score (nSPS) is 13.4. The molecule has 2 aromatic rings. The molecule has 0 saturated heterocycles. The van der Waals surface area contributed by atoms with Crippen LogP contribution in [0.15, 0.2) is 36.7 Å². The molecule has 0 aliphatic rings. The van der Waals surface area contributed by atoms with Gasteiger partial charge >= 0.3 is 5.97 Å². The Labute approximate surface area is 121 Å². The number of rotatable bonds is 5. The van der Waals surface area contributed by atoms with E-state index in [2.05, 4.69) is 15.5 Å². The van der Waals surface area contributed by atoms with Gasteiger partial charge in [-0.25, -0.2) is 0 Å². The second-order valence-corrected chi connectivity index (χ2v) is 4.77. The summed E-state index contributed by atoms with van der Waals surface area (Å²) in [6, 6.07) is 6.96. The Morgan fingerprint density at radius 1 is 1.10 bits per heavy atom. The van der Waals surface area contributed by atoms with Gasteiger partial charge in [-0.2, -0.15) is 15.0 Å². The van der Waals surface area contributed by atoms with Crippen molar-refractivity contribution in [2.75, 3.05) is 5.32 Å². The van der Waals surface area contributed by atoms with E-state index < -0.39 is 17.8 Å². The Hall–Kier alpha value is -2.70. The highest BCUT2D eigenvalue weighted by atomic mass is 16.4. The first-order valence-corrected chi connectivity index (χ1v) is 6.49. The number of aliphatic carboxylic acids is 1. The van der Waals surface area contributed by atoms with Crippen molar-refractivity contribution in [2.45, 2.75) is 13.8 Å². The second kappa shape index (κ2) is 6.17. The molecular formula is C14H16N4O3. The number of carbonyl (C=O) groups is 2. The maximum atomic E-state index is 12.0. The summed E-state index contributed by atoms with van der Waals surface area (Å²) < 4.78 is 0. The van der Waals surface area contributed by atoms with E-state index in [1.54, 1.807) is 43.6 Å². The highest BCUT2D eigenvalue weighted by Gasteiger charge is 2.25. The molecule has 1 amide bonds. The largest absolute Gasteiger partial charge is 0.481 e. The van der Waals surface area contributed by atoms with E-state index in [0.717, 1.165) is 5.69 Å². The van der Waals surface area contributed by atoms with Crippen LogP contribution in [0.25, 0.3) is 5.69 Å². The average molecular weight is 288 g/mol. The van der Waals surface area contributed by atoms with Crippen molar-refractivity contribution in [1.82, 2.24) is 15.0 Å². The molecular weight excluding hydrogens is 272 g/mol. The second-order valence-electron chi connectivity index (χ2n) is 4.77. The van der Waals surface area contributed by atoms with E-state index in [1.165, 1.54) is 11.7 Å². The van der Waals surface area contributed by atoms with E-state index in [-0.39, 0.29) is 5.91 Å². The number of nitrogens with zero attached hydrogens (tertiary/aromatic N) is 3. The fourth-order valence-corrected chi connectivity index (χ4v) is 1.72. The van der Waals surface area contributed by atoms with Gasteiger partial charge in [-0.1, -0.05) is 13.8 Å². The lowest BCUT2D eigenvalue weighted by Crippen LogP contribution is -2.29. The molecule has 7 nitrogen and oxygen atoms in total. The van der Waals surface area contributed by atoms with Crippen LogP contribution in [0.4, 0.5) is 5.69 Å². The predicted molar refractivity (Wildman–Crippen MR) is 76.0 cm³/mol. The molecule has 0 fully saturated rings. The summed E-state index contributed by atoms with van der Waals surface area (Å²) in [5.41, 5.74) is 1.37. The van der Waals surface area contributed by atoms with Gasteiger partial charge in [-0.05, 0) is 24.3 Å². The summed E-state index contributed by atoms with van der Waals surface area (Å²) in [5, 5.41) is 19.6. The molecule has 2 N–H and O–H groups in total. The van der Waals surface area contributed by atoms with Crippen LogP contribution >= 0.6 is 0 Å². The molecule has 2 atom stereocenters. The quantitative estimate of drug-likeness (QED) is 0.870. The molecule has 7 heteroatoms. The lowest BCUT2D eigenvalue weighted by atomic mass is 9.95. The van der Waals surface area contributed by atoms with E-state index in [0.29, 0.717) is 5.69 Å². The number of aromatic nitrogens is 3. The predicted octanol–water partition coefficient (Wildman–Crippen LogP) is 1.56. The molecule has 110 valence electrons. The maximum absolute atomic E-state index is 12.0. The Morgan fingerprint density at radius 2 is 1.67 bits per heavy atom. The van der Waals surface area contributed by atoms with E-state index >= 15 is 0 Å². The van der Waals surface area contributed by atoms with Crippen molar-refractivity contribution in [3.05, 3.63) is 36.7 Å². The van der Waals surface area contributed by atoms with Crippen LogP contribution in [0.5, 0.6) is 0 Å². The smallest absolute Gasteiger partial charge is 0.307 e. The summed E-state index contributed by atoms with van der Waals surface area (Å²) >= 11 is 0. The molecule has 0 bridgehead atoms. The zero-order chi connectivity index (χ0) is 15.4. The van der Waals surface area contributed by atoms with E-state index in [1.807, 2.05) is 0 Å². The van der Waals surface area contributed by atoms with Crippen molar-refractivity contribution in [3.63, 3.8) is 0 Å². The van der Waals surface area contributed by atoms with Crippen molar-refractivity contribution >= 4 is 17.6 Å². The number of anilines is 1. The first-order valence-electron chi connectivity index (χ1n) is 6.49. The van der Waals surface area contributed by atoms with Crippen molar-refractivity contribution in [1.29, 1.82) is 0 Å². The highest BCUT2D eigenvalue weighted by Crippen LogP contribution is 2.16. The van der Waals surface area contributed by atoms with E-state index in [4.69, 9.17) is 5.11 Å². The minimum atomic E-state index is -0.988. The number of hydrogen-bond acceptors (Lipinski definition) is 4. The molecule has 1 aromatic heterocycles. The summed E-state index contributed by atoms with van der Waals surface area (Å²) in [5.74, 6) is -2.67. The number of carbonyl (C=O) groups excluding carboxylic acids is 1. The molecule has 0 aliphatic carbocycles. The zero-order valence-corrected chi connectivity index (χ0v) is 11.7. The molecule has 2 rings (SSSR count). The molecule has 0 radical (unpaired) electrons. The maximum Gasteiger partial charge on any atom is 0.307 e. The third-order valence-corrected chi connectivity index (χ3v) is 3.34. The third kappa shape index (κ3) is 3.44. The van der Waals surface area contributed by atoms with Crippen LogP contribution in [0.1, 0.15) is 13.8 Å². The topological polar surface area (TPSA) is 97.1 Å². The molecule has 1 aromatic carbocycles. The summed E-state index contributed by atoms with van der Waals surface area (Å²) in [6.07, 6.45) is 3.15. The summed E-state index contributed by atoms with van der Waals surface area (Å²) in [7, 11) is 0. The number of nitrogens with one attached hydrogen (secondary N) is 1. The third-order valence-electron chi connectivity index (χ3n) is 3.34. The lowest BCUT2D eigenvalue weighted by molar-refractivity contribution is -0.145. The first kappa shape index (κ1) is 14.7. The van der Waals surface area contributed by atoms with Crippen LogP contribution in [-0.2, 0) is 9.59 Å². The minimum Gasteiger partial charge on any atom is -0.481 e. The number of amides is 1. The van der Waals surface area contributed by atoms with Crippen LogP contribution in [0, 0.1) is 11.8 Å². The number of benzene rings is 1. The monoisotopic (exact) mass is 288 g/mol. The Morgan fingerprint density at radius 3 is 2.19 bits per heavy atom. The Bertz CT molecular complexity index is 622. The number of carboxylic acids is 1. The molecule has 21 heavy (non-hydrogen) atoms. The Balaban J connectivity index is 2.03. The zero-order valence-electron chi connectivity index (χ0n) is 11.7. The SMILES string of the molecule is CC(C(=O)O)C(C)C(=O)Nc1ccc(-n2nccn2)cc1. The number of hydrogen-bond donors (Lipinski definition) is 2. The van der Waals surface area contributed by atoms with Gasteiger partial charge in [-0.15, -0.1) is 0 Å². The average Bonchev–Trinajstić information content (AvgIpc) is 3.00. The van der Waals surface area contributed by atoms with Gasteiger partial charge in [0.1, 0.15) is 0 Å². The molecule has 0 saturated carbocycles. The van der Waals surface area contributed by atoms with Gasteiger partial charge in [0.05, 0.1) is 24.0 Å². The molecule has 2 unspecified atom stereocenters. The van der Waals surface area contributed by atoms with Crippen LogP contribution in [0.3, 0.4) is 0 Å². The van der Waals surface area contributed by atoms with E-state index in [9.17, 15) is 9.59 Å². The van der Waals surface area contributed by atoms with Crippen molar-refractivity contribution in [3.8, 4) is 5.69 Å². The minimum absolute atomic E-state index is 0.324. The van der Waals surface area contributed by atoms with Gasteiger partial charge in [0, 0.05) is 11.6 Å². The van der Waals surface area contributed by atoms with Crippen molar-refractivity contribution in [2.24, 2.45) is 11.8 Å². The van der Waals surface area contributed by atoms with Gasteiger partial charge in [0.25, 0.3) is 0 Å². The number of carboxylic acid groups (broad SMARTS) is 1. The summed E-state index contributed by atoms with van der Waals surface area (Å²) in [4.78, 5) is 24.3. The fourth-order valence-electron chi connectivity index (χ4n) is 1.72. The Kier molecular flexibility index (Phi) is 4.32. The van der Waals surface area contributed by atoms with Crippen molar-refractivity contribution < 1.29 is 14.7 Å². The van der Waals surface area contributed by atoms with Gasteiger partial charge < -0.3 is 10.4 Å². The summed E-state index contributed by atoms with van der Waals surface area (Å²) in [6.45, 7) is 3.11. The van der Waals surface area contributed by atoms with Gasteiger partial charge in [0.15, 0.2) is 0 Å². The van der Waals surface area contributed by atoms with Gasteiger partial charge in [-0.3, -0.25) is 9.59 Å². The molecule has 0 aliphatic heterocycles. The molecule has 1 heterocycles.